The lowest BCUT2D eigenvalue weighted by Crippen LogP contribution is -2.13. The van der Waals surface area contributed by atoms with Crippen LogP contribution < -0.4 is 9.46 Å². The van der Waals surface area contributed by atoms with E-state index in [-0.39, 0.29) is 34.5 Å². The maximum absolute atomic E-state index is 12.6. The third-order valence-electron chi connectivity index (χ3n) is 4.43. The largest absolute Gasteiger partial charge is 0.455 e. The van der Waals surface area contributed by atoms with Gasteiger partial charge in [0.15, 0.2) is 0 Å². The predicted octanol–water partition coefficient (Wildman–Crippen LogP) is 3.51. The van der Waals surface area contributed by atoms with E-state index in [2.05, 4.69) is 19.2 Å². The molecule has 4 aromatic rings. The zero-order chi connectivity index (χ0) is 23.4. The van der Waals surface area contributed by atoms with Gasteiger partial charge in [0.2, 0.25) is 5.13 Å². The Kier molecular flexibility index (Phi) is 6.57. The van der Waals surface area contributed by atoms with Gasteiger partial charge in [0, 0.05) is 28.3 Å². The van der Waals surface area contributed by atoms with Crippen molar-refractivity contribution < 1.29 is 18.3 Å². The number of aromatic nitrogens is 4. The molecule has 0 aliphatic carbocycles. The molecule has 2 aromatic heterocycles. The van der Waals surface area contributed by atoms with E-state index in [4.69, 9.17) is 16.3 Å². The van der Waals surface area contributed by atoms with E-state index < -0.39 is 10.0 Å². The second-order valence-corrected chi connectivity index (χ2v) is 9.43. The number of hydrogen-bond acceptors (Lipinski definition) is 9. The Hall–Kier alpha value is -3.50. The van der Waals surface area contributed by atoms with Crippen molar-refractivity contribution in [2.45, 2.75) is 11.4 Å². The summed E-state index contributed by atoms with van der Waals surface area (Å²) in [5, 5.41) is 23.7. The molecule has 0 bridgehead atoms. The smallest absolute Gasteiger partial charge is 0.263 e. The minimum atomic E-state index is -3.97. The molecule has 0 saturated carbocycles. The molecule has 10 nitrogen and oxygen atoms in total. The Bertz CT molecular complexity index is 1430. The van der Waals surface area contributed by atoms with E-state index in [0.717, 1.165) is 11.5 Å². The number of nitrogens with one attached hydrogen (secondary N) is 1. The van der Waals surface area contributed by atoms with Crippen molar-refractivity contribution in [1.82, 2.24) is 19.1 Å². The van der Waals surface area contributed by atoms with E-state index >= 15 is 0 Å². The summed E-state index contributed by atoms with van der Waals surface area (Å²) in [4.78, 5) is 3.67. The van der Waals surface area contributed by atoms with E-state index in [1.54, 1.807) is 35.1 Å². The first-order valence-electron chi connectivity index (χ1n) is 9.35. The fourth-order valence-corrected chi connectivity index (χ4v) is 4.85. The first-order valence-corrected chi connectivity index (χ1v) is 12.0. The number of aliphatic hydroxyl groups excluding tert-OH is 1. The van der Waals surface area contributed by atoms with Crippen LogP contribution in [0.25, 0.3) is 11.3 Å². The number of ether oxygens (including phenoxy) is 1. The number of nitrogens with zero attached hydrogens (tertiary/aromatic N) is 5. The molecule has 0 spiro atoms. The van der Waals surface area contributed by atoms with Gasteiger partial charge in [-0.15, -0.1) is 0 Å². The number of aliphatic hydroxyl groups is 1. The molecule has 0 radical (unpaired) electrons. The van der Waals surface area contributed by atoms with E-state index in [1.165, 1.54) is 24.5 Å². The highest BCUT2D eigenvalue weighted by atomic mass is 35.5. The Morgan fingerprint density at radius 2 is 2.03 bits per heavy atom. The summed E-state index contributed by atoms with van der Waals surface area (Å²) in [6.45, 7) is 0.164. The Labute approximate surface area is 197 Å². The van der Waals surface area contributed by atoms with Gasteiger partial charge in [-0.2, -0.15) is 14.7 Å². The molecular formula is C20H15ClN6O4S2. The predicted molar refractivity (Wildman–Crippen MR) is 122 cm³/mol. The van der Waals surface area contributed by atoms with Crippen molar-refractivity contribution in [1.29, 1.82) is 5.26 Å². The molecule has 33 heavy (non-hydrogen) atoms. The molecular weight excluding hydrogens is 488 g/mol. The average Bonchev–Trinajstić information content (AvgIpc) is 3.47. The van der Waals surface area contributed by atoms with Crippen molar-refractivity contribution in [3.8, 4) is 28.8 Å². The maximum Gasteiger partial charge on any atom is 0.263 e. The lowest BCUT2D eigenvalue weighted by Gasteiger charge is -2.14. The molecule has 0 unspecified atom stereocenters. The summed E-state index contributed by atoms with van der Waals surface area (Å²) in [6, 6.07) is 12.6. The third kappa shape index (κ3) is 4.96. The van der Waals surface area contributed by atoms with Crippen LogP contribution >= 0.6 is 23.1 Å². The number of nitriles is 1. The Morgan fingerprint density at radius 1 is 1.21 bits per heavy atom. The van der Waals surface area contributed by atoms with Crippen molar-refractivity contribution >= 4 is 38.3 Å². The molecule has 0 aliphatic rings. The molecule has 0 saturated heterocycles. The summed E-state index contributed by atoms with van der Waals surface area (Å²) in [5.41, 5.74) is 1.26. The van der Waals surface area contributed by atoms with Crippen LogP contribution in [0.4, 0.5) is 5.13 Å². The van der Waals surface area contributed by atoms with Gasteiger partial charge in [-0.25, -0.2) is 13.4 Å². The normalized spacial score (nSPS) is 11.2. The molecule has 2 N–H and O–H groups in total. The fourth-order valence-electron chi connectivity index (χ4n) is 2.99. The zero-order valence-electron chi connectivity index (χ0n) is 16.7. The van der Waals surface area contributed by atoms with Crippen LogP contribution in [0.5, 0.6) is 11.5 Å². The quantitative estimate of drug-likeness (QED) is 0.372. The Morgan fingerprint density at radius 3 is 2.76 bits per heavy atom. The van der Waals surface area contributed by atoms with Crippen LogP contribution in [-0.2, 0) is 16.6 Å². The van der Waals surface area contributed by atoms with Crippen molar-refractivity contribution in [2.75, 3.05) is 11.3 Å². The highest BCUT2D eigenvalue weighted by molar-refractivity contribution is 7.93. The van der Waals surface area contributed by atoms with E-state index in [9.17, 15) is 18.8 Å². The first-order chi connectivity index (χ1) is 15.9. The third-order valence-corrected chi connectivity index (χ3v) is 6.71. The van der Waals surface area contributed by atoms with Crippen LogP contribution in [-0.4, -0.2) is 39.3 Å². The SMILES string of the molecule is N#Cc1cc(S(=O)(=O)Nc2ncns2)ccc1Oc1ccc(Cl)cc1-c1ccnn1CCO. The molecule has 4 rings (SSSR count). The standard InChI is InChI=1S/C20H15ClN6O4S2/c21-14-1-3-19(16(10-14)17-5-6-24-27(17)7-8-28)31-18-4-2-15(9-13(18)11-22)33(29,30)26-20-23-12-25-32-20/h1-6,9-10,12,28H,7-8H2,(H,23,25,26). The van der Waals surface area contributed by atoms with Crippen LogP contribution in [0.2, 0.25) is 5.02 Å². The van der Waals surface area contributed by atoms with Crippen molar-refractivity contribution in [3.63, 3.8) is 0 Å². The second-order valence-electron chi connectivity index (χ2n) is 6.53. The molecule has 0 amide bonds. The van der Waals surface area contributed by atoms with Crippen LogP contribution in [0.3, 0.4) is 0 Å². The molecule has 0 fully saturated rings. The highest BCUT2D eigenvalue weighted by Crippen LogP contribution is 2.37. The van der Waals surface area contributed by atoms with Gasteiger partial charge in [-0.3, -0.25) is 9.40 Å². The molecule has 13 heteroatoms. The van der Waals surface area contributed by atoms with Gasteiger partial charge >= 0.3 is 0 Å². The van der Waals surface area contributed by atoms with Crippen LogP contribution in [0.1, 0.15) is 5.56 Å². The maximum atomic E-state index is 12.6. The summed E-state index contributed by atoms with van der Waals surface area (Å²) >= 11 is 7.08. The van der Waals surface area contributed by atoms with Gasteiger partial charge < -0.3 is 9.84 Å². The van der Waals surface area contributed by atoms with Gasteiger partial charge in [0.1, 0.15) is 23.9 Å². The van der Waals surface area contributed by atoms with Gasteiger partial charge in [0.05, 0.1) is 29.3 Å². The topological polar surface area (TPSA) is 143 Å². The first kappa shape index (κ1) is 22.7. The van der Waals surface area contributed by atoms with Gasteiger partial charge in [-0.1, -0.05) is 11.6 Å². The van der Waals surface area contributed by atoms with E-state index in [0.29, 0.717) is 22.0 Å². The monoisotopic (exact) mass is 502 g/mol. The number of hydrogen-bond donors (Lipinski definition) is 2. The lowest BCUT2D eigenvalue weighted by atomic mass is 10.1. The zero-order valence-corrected chi connectivity index (χ0v) is 19.1. The van der Waals surface area contributed by atoms with Crippen molar-refractivity contribution in [2.24, 2.45) is 0 Å². The Balaban J connectivity index is 1.69. The van der Waals surface area contributed by atoms with Gasteiger partial charge in [0.25, 0.3) is 10.0 Å². The molecule has 2 heterocycles. The van der Waals surface area contributed by atoms with Gasteiger partial charge in [-0.05, 0) is 42.5 Å². The average molecular weight is 503 g/mol. The number of sulfonamides is 1. The van der Waals surface area contributed by atoms with Crippen LogP contribution in [0.15, 0.2) is 59.9 Å². The fraction of sp³-hybridized carbons (Fsp3) is 0.100. The van der Waals surface area contributed by atoms with Crippen LogP contribution in [0, 0.1) is 11.3 Å². The number of halogens is 1. The molecule has 0 atom stereocenters. The lowest BCUT2D eigenvalue weighted by molar-refractivity contribution is 0.270. The van der Waals surface area contributed by atoms with Crippen molar-refractivity contribution in [3.05, 3.63) is 65.6 Å². The summed E-state index contributed by atoms with van der Waals surface area (Å²) < 4.78 is 38.9. The highest BCUT2D eigenvalue weighted by Gasteiger charge is 2.20. The summed E-state index contributed by atoms with van der Waals surface area (Å²) in [6.07, 6.45) is 2.82. The van der Waals surface area contributed by atoms with E-state index in [1.807, 2.05) is 6.07 Å². The number of anilines is 1. The molecule has 2 aromatic carbocycles. The minimum absolute atomic E-state index is 0.0138. The summed E-state index contributed by atoms with van der Waals surface area (Å²) in [5.74, 6) is 0.530. The summed E-state index contributed by atoms with van der Waals surface area (Å²) in [7, 11) is -3.97. The molecule has 0 aliphatic heterocycles. The second kappa shape index (κ2) is 9.55. The number of rotatable bonds is 8. The number of benzene rings is 2. The molecule has 168 valence electrons. The minimum Gasteiger partial charge on any atom is -0.455 e.